The molecule has 22 heavy (non-hydrogen) atoms. The van der Waals surface area contributed by atoms with Gasteiger partial charge in [0.15, 0.2) is 0 Å². The van der Waals surface area contributed by atoms with Crippen molar-refractivity contribution in [3.8, 4) is 0 Å². The van der Waals surface area contributed by atoms with Crippen molar-refractivity contribution >= 4 is 0 Å². The molecule has 2 N–H and O–H groups in total. The number of aryl methyl sites for hydroxylation is 1. The first-order valence-corrected chi connectivity index (χ1v) is 7.95. The zero-order chi connectivity index (χ0) is 16.3. The Morgan fingerprint density at radius 1 is 1.09 bits per heavy atom. The average Bonchev–Trinajstić information content (AvgIpc) is 2.86. The number of nitrogens with two attached hydrogens (primary N) is 1. The van der Waals surface area contributed by atoms with E-state index in [-0.39, 0.29) is 11.2 Å². The molecule has 0 unspecified atom stereocenters. The molecular formula is C19H27FNO+. The van der Waals surface area contributed by atoms with Gasteiger partial charge in [0.2, 0.25) is 0 Å². The van der Waals surface area contributed by atoms with Gasteiger partial charge < -0.3 is 9.73 Å². The van der Waals surface area contributed by atoms with Crippen molar-refractivity contribution in [2.75, 3.05) is 0 Å². The molecular weight excluding hydrogens is 277 g/mol. The molecule has 2 atom stereocenters. The lowest BCUT2D eigenvalue weighted by Crippen LogP contribution is -2.90. The van der Waals surface area contributed by atoms with Gasteiger partial charge in [-0.25, -0.2) is 4.39 Å². The monoisotopic (exact) mass is 304 g/mol. The van der Waals surface area contributed by atoms with E-state index in [4.69, 9.17) is 4.42 Å². The van der Waals surface area contributed by atoms with Gasteiger partial charge in [0.25, 0.3) is 0 Å². The van der Waals surface area contributed by atoms with Crippen LogP contribution in [0.1, 0.15) is 57.2 Å². The summed E-state index contributed by atoms with van der Waals surface area (Å²) < 4.78 is 18.8. The second kappa shape index (κ2) is 6.66. The fraction of sp³-hybridized carbons (Fsp3) is 0.474. The fourth-order valence-corrected chi connectivity index (χ4v) is 3.14. The molecule has 0 aliphatic carbocycles. The minimum Gasteiger partial charge on any atom is -0.466 e. The summed E-state index contributed by atoms with van der Waals surface area (Å²) in [4.78, 5) is 0. The molecule has 1 aromatic heterocycles. The number of hydrogen-bond acceptors (Lipinski definition) is 1. The Bertz CT molecular complexity index is 600. The third kappa shape index (κ3) is 4.20. The standard InChI is InChI=1S/C19H26FNO/c1-13(12-19(4,5)18-11-6-14(2)22-18)21-15(3)16-7-9-17(20)10-8-16/h6-11,13,15,21H,12H2,1-5H3/p+1/t13-,15+/m1/s1. The summed E-state index contributed by atoms with van der Waals surface area (Å²) in [6, 6.07) is 11.6. The molecule has 2 rings (SSSR count). The van der Waals surface area contributed by atoms with E-state index in [1.54, 1.807) is 0 Å². The van der Waals surface area contributed by atoms with E-state index in [1.165, 1.54) is 12.1 Å². The Morgan fingerprint density at radius 3 is 2.27 bits per heavy atom. The van der Waals surface area contributed by atoms with Crippen molar-refractivity contribution in [2.24, 2.45) is 0 Å². The quantitative estimate of drug-likeness (QED) is 0.855. The molecule has 2 aromatic rings. The van der Waals surface area contributed by atoms with Crippen LogP contribution in [-0.4, -0.2) is 6.04 Å². The van der Waals surface area contributed by atoms with Crippen LogP contribution >= 0.6 is 0 Å². The maximum Gasteiger partial charge on any atom is 0.123 e. The summed E-state index contributed by atoms with van der Waals surface area (Å²) in [5, 5.41) is 2.34. The van der Waals surface area contributed by atoms with E-state index < -0.39 is 0 Å². The van der Waals surface area contributed by atoms with Gasteiger partial charge in [-0.05, 0) is 45.0 Å². The molecule has 0 aliphatic heterocycles. The summed E-state index contributed by atoms with van der Waals surface area (Å²) in [5.74, 6) is 1.82. The molecule has 0 amide bonds. The van der Waals surface area contributed by atoms with Crippen LogP contribution in [0.5, 0.6) is 0 Å². The number of halogens is 1. The van der Waals surface area contributed by atoms with E-state index in [0.717, 1.165) is 23.5 Å². The number of rotatable bonds is 6. The summed E-state index contributed by atoms with van der Waals surface area (Å²) in [6.07, 6.45) is 1.02. The lowest BCUT2D eigenvalue weighted by atomic mass is 9.83. The predicted molar refractivity (Wildman–Crippen MR) is 87.3 cm³/mol. The molecule has 0 spiro atoms. The van der Waals surface area contributed by atoms with Crippen LogP contribution in [0.2, 0.25) is 0 Å². The molecule has 0 saturated heterocycles. The molecule has 0 fully saturated rings. The first-order chi connectivity index (χ1) is 10.3. The van der Waals surface area contributed by atoms with Crippen LogP contribution in [-0.2, 0) is 5.41 Å². The van der Waals surface area contributed by atoms with E-state index in [2.05, 4.69) is 39.1 Å². The van der Waals surface area contributed by atoms with Gasteiger partial charge >= 0.3 is 0 Å². The zero-order valence-electron chi connectivity index (χ0n) is 14.2. The Morgan fingerprint density at radius 2 is 1.73 bits per heavy atom. The summed E-state index contributed by atoms with van der Waals surface area (Å²) in [7, 11) is 0. The number of benzene rings is 1. The van der Waals surface area contributed by atoms with Crippen molar-refractivity contribution < 1.29 is 14.1 Å². The molecule has 3 heteroatoms. The highest BCUT2D eigenvalue weighted by molar-refractivity contribution is 5.18. The average molecular weight is 304 g/mol. The molecule has 1 aromatic carbocycles. The van der Waals surface area contributed by atoms with Gasteiger partial charge in [-0.3, -0.25) is 0 Å². The lowest BCUT2D eigenvalue weighted by molar-refractivity contribution is -0.723. The molecule has 0 aliphatic rings. The Balaban J connectivity index is 1.97. The van der Waals surface area contributed by atoms with Crippen molar-refractivity contribution in [3.63, 3.8) is 0 Å². The fourth-order valence-electron chi connectivity index (χ4n) is 3.14. The van der Waals surface area contributed by atoms with Gasteiger partial charge in [-0.2, -0.15) is 0 Å². The second-order valence-electron chi connectivity index (χ2n) is 7.01. The zero-order valence-corrected chi connectivity index (χ0v) is 14.2. The number of quaternary nitrogens is 1. The number of furan rings is 1. The van der Waals surface area contributed by atoms with Crippen LogP contribution in [0.3, 0.4) is 0 Å². The van der Waals surface area contributed by atoms with Gasteiger partial charge in [0, 0.05) is 17.4 Å². The molecule has 2 nitrogen and oxygen atoms in total. The van der Waals surface area contributed by atoms with Gasteiger partial charge in [-0.1, -0.05) is 26.0 Å². The summed E-state index contributed by atoms with van der Waals surface area (Å²) in [5.41, 5.74) is 1.16. The SMILES string of the molecule is Cc1ccc(C(C)(C)C[C@@H](C)[NH2+][C@@H](C)c2ccc(F)cc2)o1. The van der Waals surface area contributed by atoms with Crippen molar-refractivity contribution in [1.82, 2.24) is 0 Å². The van der Waals surface area contributed by atoms with Crippen LogP contribution in [0.4, 0.5) is 4.39 Å². The molecule has 0 radical (unpaired) electrons. The minimum atomic E-state index is -0.182. The number of hydrogen-bond donors (Lipinski definition) is 1. The summed E-state index contributed by atoms with van der Waals surface area (Å²) >= 11 is 0. The molecule has 120 valence electrons. The highest BCUT2D eigenvalue weighted by Crippen LogP contribution is 2.29. The maximum atomic E-state index is 13.0. The van der Waals surface area contributed by atoms with E-state index >= 15 is 0 Å². The van der Waals surface area contributed by atoms with Crippen LogP contribution in [0.15, 0.2) is 40.8 Å². The predicted octanol–water partition coefficient (Wildman–Crippen LogP) is 4.11. The lowest BCUT2D eigenvalue weighted by Gasteiger charge is -2.26. The molecule has 0 bridgehead atoms. The van der Waals surface area contributed by atoms with E-state index in [9.17, 15) is 4.39 Å². The Kier molecular flexibility index (Phi) is 5.07. The Hall–Kier alpha value is -1.61. The largest absolute Gasteiger partial charge is 0.466 e. The first kappa shape index (κ1) is 16.8. The highest BCUT2D eigenvalue weighted by Gasteiger charge is 2.29. The normalized spacial score (nSPS) is 14.8. The Labute approximate surface area is 132 Å². The first-order valence-electron chi connectivity index (χ1n) is 7.95. The van der Waals surface area contributed by atoms with Crippen LogP contribution in [0.25, 0.3) is 0 Å². The topological polar surface area (TPSA) is 29.8 Å². The van der Waals surface area contributed by atoms with Crippen LogP contribution < -0.4 is 5.32 Å². The van der Waals surface area contributed by atoms with Crippen molar-refractivity contribution in [3.05, 3.63) is 59.3 Å². The van der Waals surface area contributed by atoms with Crippen molar-refractivity contribution in [1.29, 1.82) is 0 Å². The van der Waals surface area contributed by atoms with Gasteiger partial charge in [0.05, 0.1) is 6.04 Å². The second-order valence-corrected chi connectivity index (χ2v) is 7.01. The smallest absolute Gasteiger partial charge is 0.123 e. The van der Waals surface area contributed by atoms with Gasteiger partial charge in [-0.15, -0.1) is 0 Å². The van der Waals surface area contributed by atoms with Gasteiger partial charge in [0.1, 0.15) is 23.4 Å². The third-order valence-corrected chi connectivity index (χ3v) is 4.25. The van der Waals surface area contributed by atoms with E-state index in [0.29, 0.717) is 12.1 Å². The van der Waals surface area contributed by atoms with Crippen LogP contribution in [0, 0.1) is 12.7 Å². The molecule has 0 saturated carbocycles. The van der Waals surface area contributed by atoms with E-state index in [1.807, 2.05) is 25.1 Å². The highest BCUT2D eigenvalue weighted by atomic mass is 19.1. The minimum absolute atomic E-state index is 0.00664. The molecule has 1 heterocycles. The third-order valence-electron chi connectivity index (χ3n) is 4.25. The maximum absolute atomic E-state index is 13.0. The summed E-state index contributed by atoms with van der Waals surface area (Å²) in [6.45, 7) is 10.8. The van der Waals surface area contributed by atoms with Crippen molar-refractivity contribution in [2.45, 2.75) is 58.5 Å².